The van der Waals surface area contributed by atoms with Crippen LogP contribution in [-0.4, -0.2) is 10.1 Å². The van der Waals surface area contributed by atoms with E-state index in [1.54, 1.807) is 0 Å². The van der Waals surface area contributed by atoms with E-state index in [0.29, 0.717) is 12.3 Å². The van der Waals surface area contributed by atoms with Crippen molar-refractivity contribution in [1.82, 2.24) is 0 Å². The Kier molecular flexibility index (Phi) is 3.63. The van der Waals surface area contributed by atoms with E-state index in [1.807, 2.05) is 42.5 Å². The van der Waals surface area contributed by atoms with Gasteiger partial charge in [0.05, 0.1) is 4.32 Å². The monoisotopic (exact) mass is 290 g/mol. The molecule has 1 nitrogen and oxygen atoms in total. The first-order valence-electron chi connectivity index (χ1n) is 5.75. The summed E-state index contributed by atoms with van der Waals surface area (Å²) in [6.07, 6.45) is 8.69. The van der Waals surface area contributed by atoms with E-state index < -0.39 is 0 Å². The van der Waals surface area contributed by atoms with E-state index in [4.69, 9.17) is 0 Å². The summed E-state index contributed by atoms with van der Waals surface area (Å²) in [5.41, 5.74) is 0.779. The molecule has 2 unspecified atom stereocenters. The number of carbonyl (C=O) groups is 1. The third-order valence-electron chi connectivity index (χ3n) is 3.17. The second kappa shape index (κ2) is 5.01. The zero-order chi connectivity index (χ0) is 12.3. The summed E-state index contributed by atoms with van der Waals surface area (Å²) in [6.45, 7) is 2.12. The molecule has 0 saturated carbocycles. The Morgan fingerprint density at radius 3 is 2.65 bits per heavy atom. The number of allylic oxidation sites excluding steroid dienone is 4. The van der Waals surface area contributed by atoms with Gasteiger partial charge >= 0.3 is 0 Å². The number of carbonyl (C=O) groups excluding carboxylic acids is 1. The summed E-state index contributed by atoms with van der Waals surface area (Å²) in [5, 5.41) is 0. The van der Waals surface area contributed by atoms with Crippen molar-refractivity contribution in [1.29, 1.82) is 0 Å². The SMILES string of the molecule is CC1C=CC=CC1(Br)CC(=O)c1ccccc1. The van der Waals surface area contributed by atoms with Crippen LogP contribution >= 0.6 is 15.9 Å². The lowest BCUT2D eigenvalue weighted by Gasteiger charge is -2.30. The van der Waals surface area contributed by atoms with Crippen LogP contribution in [0.15, 0.2) is 54.6 Å². The van der Waals surface area contributed by atoms with E-state index in [9.17, 15) is 4.79 Å². The largest absolute Gasteiger partial charge is 0.294 e. The Morgan fingerprint density at radius 1 is 1.29 bits per heavy atom. The normalized spacial score (nSPS) is 27.1. The molecule has 0 spiro atoms. The number of Topliss-reactive ketones (excluding diaryl/α,β-unsaturated/α-hetero) is 1. The average molecular weight is 291 g/mol. The zero-order valence-electron chi connectivity index (χ0n) is 9.77. The minimum atomic E-state index is -0.241. The van der Waals surface area contributed by atoms with Gasteiger partial charge in [0.25, 0.3) is 0 Å². The average Bonchev–Trinajstić information content (AvgIpc) is 2.34. The third kappa shape index (κ3) is 2.75. The molecule has 2 rings (SSSR count). The maximum Gasteiger partial charge on any atom is 0.164 e. The van der Waals surface area contributed by atoms with E-state index in [1.165, 1.54) is 0 Å². The molecule has 0 bridgehead atoms. The summed E-state index contributed by atoms with van der Waals surface area (Å²) < 4.78 is -0.241. The fourth-order valence-corrected chi connectivity index (χ4v) is 2.51. The summed E-state index contributed by atoms with van der Waals surface area (Å²) in [6, 6.07) is 9.45. The molecule has 1 aromatic carbocycles. The highest BCUT2D eigenvalue weighted by atomic mass is 79.9. The molecule has 0 aliphatic heterocycles. The van der Waals surface area contributed by atoms with Gasteiger partial charge in [-0.15, -0.1) is 0 Å². The van der Waals surface area contributed by atoms with E-state index in [0.717, 1.165) is 5.56 Å². The first-order chi connectivity index (χ1) is 8.12. The highest BCUT2D eigenvalue weighted by molar-refractivity contribution is 9.10. The summed E-state index contributed by atoms with van der Waals surface area (Å²) in [4.78, 5) is 12.2. The Bertz CT molecular complexity index is 461. The van der Waals surface area contributed by atoms with Gasteiger partial charge in [0.15, 0.2) is 5.78 Å². The molecule has 0 amide bonds. The second-order valence-electron chi connectivity index (χ2n) is 4.43. The number of ketones is 1. The minimum absolute atomic E-state index is 0.175. The Balaban J connectivity index is 2.14. The van der Waals surface area contributed by atoms with Crippen molar-refractivity contribution in [3.05, 3.63) is 60.2 Å². The van der Waals surface area contributed by atoms with Gasteiger partial charge in [0, 0.05) is 12.0 Å². The molecular weight excluding hydrogens is 276 g/mol. The van der Waals surface area contributed by atoms with Crippen LogP contribution in [-0.2, 0) is 0 Å². The lowest BCUT2D eigenvalue weighted by atomic mass is 9.84. The van der Waals surface area contributed by atoms with Crippen LogP contribution in [0.2, 0.25) is 0 Å². The number of benzene rings is 1. The maximum atomic E-state index is 12.2. The topological polar surface area (TPSA) is 17.1 Å². The zero-order valence-corrected chi connectivity index (χ0v) is 11.4. The van der Waals surface area contributed by atoms with Crippen molar-refractivity contribution in [2.24, 2.45) is 5.92 Å². The Hall–Kier alpha value is -1.15. The second-order valence-corrected chi connectivity index (χ2v) is 5.90. The van der Waals surface area contributed by atoms with Gasteiger partial charge in [-0.25, -0.2) is 0 Å². The van der Waals surface area contributed by atoms with Crippen LogP contribution in [0, 0.1) is 5.92 Å². The van der Waals surface area contributed by atoms with Crippen LogP contribution in [0.5, 0.6) is 0 Å². The molecule has 0 radical (unpaired) electrons. The molecule has 0 saturated heterocycles. The highest BCUT2D eigenvalue weighted by Gasteiger charge is 2.33. The van der Waals surface area contributed by atoms with Gasteiger partial charge < -0.3 is 0 Å². The van der Waals surface area contributed by atoms with Crippen LogP contribution in [0.4, 0.5) is 0 Å². The summed E-state index contributed by atoms with van der Waals surface area (Å²) >= 11 is 3.70. The predicted octanol–water partition coefficient (Wildman–Crippen LogP) is 4.16. The van der Waals surface area contributed by atoms with Crippen LogP contribution in [0.1, 0.15) is 23.7 Å². The lowest BCUT2D eigenvalue weighted by Crippen LogP contribution is -2.30. The van der Waals surface area contributed by atoms with E-state index in [2.05, 4.69) is 35.0 Å². The molecule has 88 valence electrons. The van der Waals surface area contributed by atoms with Crippen LogP contribution in [0.25, 0.3) is 0 Å². The fourth-order valence-electron chi connectivity index (χ4n) is 1.95. The smallest absolute Gasteiger partial charge is 0.164 e. The Morgan fingerprint density at radius 2 is 2.00 bits per heavy atom. The molecular formula is C15H15BrO. The first kappa shape index (κ1) is 12.3. The van der Waals surface area contributed by atoms with Crippen molar-refractivity contribution in [2.45, 2.75) is 17.7 Å². The molecule has 0 aromatic heterocycles. The molecule has 1 aromatic rings. The molecule has 1 aliphatic rings. The maximum absolute atomic E-state index is 12.2. The molecule has 2 heteroatoms. The quantitative estimate of drug-likeness (QED) is 0.604. The molecule has 0 fully saturated rings. The van der Waals surface area contributed by atoms with Gasteiger partial charge in [-0.1, -0.05) is 77.5 Å². The third-order valence-corrected chi connectivity index (χ3v) is 4.44. The summed E-state index contributed by atoms with van der Waals surface area (Å²) in [5.74, 6) is 0.495. The van der Waals surface area contributed by atoms with Crippen molar-refractivity contribution in [2.75, 3.05) is 0 Å². The van der Waals surface area contributed by atoms with Gasteiger partial charge in [-0.05, 0) is 5.92 Å². The summed E-state index contributed by atoms with van der Waals surface area (Å²) in [7, 11) is 0. The lowest BCUT2D eigenvalue weighted by molar-refractivity contribution is 0.0971. The number of halogens is 1. The molecule has 2 atom stereocenters. The van der Waals surface area contributed by atoms with Crippen molar-refractivity contribution >= 4 is 21.7 Å². The molecule has 0 N–H and O–H groups in total. The fraction of sp³-hybridized carbons (Fsp3) is 0.267. The van der Waals surface area contributed by atoms with Gasteiger partial charge in [0.2, 0.25) is 0 Å². The van der Waals surface area contributed by atoms with Crippen molar-refractivity contribution in [3.8, 4) is 0 Å². The van der Waals surface area contributed by atoms with Gasteiger partial charge in [-0.2, -0.15) is 0 Å². The molecule has 0 heterocycles. The number of hydrogen-bond acceptors (Lipinski definition) is 1. The molecule has 17 heavy (non-hydrogen) atoms. The minimum Gasteiger partial charge on any atom is -0.294 e. The standard InChI is InChI=1S/C15H15BrO/c1-12-7-5-6-10-15(12,16)11-14(17)13-8-3-2-4-9-13/h2-10,12H,11H2,1H3. The predicted molar refractivity (Wildman–Crippen MR) is 74.5 cm³/mol. The first-order valence-corrected chi connectivity index (χ1v) is 6.54. The Labute approximate surface area is 110 Å². The van der Waals surface area contributed by atoms with Crippen molar-refractivity contribution < 1.29 is 4.79 Å². The van der Waals surface area contributed by atoms with Crippen molar-refractivity contribution in [3.63, 3.8) is 0 Å². The molecule has 1 aliphatic carbocycles. The van der Waals surface area contributed by atoms with Gasteiger partial charge in [0.1, 0.15) is 0 Å². The van der Waals surface area contributed by atoms with E-state index in [-0.39, 0.29) is 10.1 Å². The van der Waals surface area contributed by atoms with Gasteiger partial charge in [-0.3, -0.25) is 4.79 Å². The number of rotatable bonds is 3. The number of hydrogen-bond donors (Lipinski definition) is 0. The van der Waals surface area contributed by atoms with E-state index >= 15 is 0 Å². The highest BCUT2D eigenvalue weighted by Crippen LogP contribution is 2.37. The van der Waals surface area contributed by atoms with Crippen LogP contribution < -0.4 is 0 Å². The number of alkyl halides is 1. The van der Waals surface area contributed by atoms with Crippen LogP contribution in [0.3, 0.4) is 0 Å².